The average Bonchev–Trinajstić information content (AvgIpc) is 3.03. The molecule has 1 aliphatic heterocycles. The molecule has 1 fully saturated rings. The molecular formula is C20H27ClN4OS. The molecule has 1 atom stereocenters. The zero-order valence-electron chi connectivity index (χ0n) is 16.4. The summed E-state index contributed by atoms with van der Waals surface area (Å²) in [6.45, 7) is 10.8. The van der Waals surface area contributed by atoms with Crippen molar-refractivity contribution in [3.8, 4) is 0 Å². The van der Waals surface area contributed by atoms with Crippen molar-refractivity contribution in [1.82, 2.24) is 14.3 Å². The molecule has 146 valence electrons. The minimum absolute atomic E-state index is 0.0176. The first-order valence-corrected chi connectivity index (χ1v) is 10.5. The molecule has 0 aliphatic carbocycles. The quantitative estimate of drug-likeness (QED) is 0.761. The van der Waals surface area contributed by atoms with Crippen molar-refractivity contribution in [3.63, 3.8) is 0 Å². The highest BCUT2D eigenvalue weighted by Crippen LogP contribution is 2.25. The monoisotopic (exact) mass is 406 g/mol. The van der Waals surface area contributed by atoms with E-state index in [1.165, 1.54) is 11.5 Å². The maximum atomic E-state index is 12.6. The van der Waals surface area contributed by atoms with Gasteiger partial charge in [-0.15, -0.1) is 0 Å². The Kier molecular flexibility index (Phi) is 6.06. The molecule has 1 saturated heterocycles. The van der Waals surface area contributed by atoms with Crippen LogP contribution < -0.4 is 4.90 Å². The normalized spacial score (nSPS) is 18.0. The van der Waals surface area contributed by atoms with E-state index in [4.69, 9.17) is 16.6 Å². The first-order valence-electron chi connectivity index (χ1n) is 9.33. The predicted molar refractivity (Wildman–Crippen MR) is 112 cm³/mol. The van der Waals surface area contributed by atoms with Gasteiger partial charge in [-0.25, -0.2) is 4.98 Å². The van der Waals surface area contributed by atoms with Crippen LogP contribution in [-0.2, 0) is 11.2 Å². The molecule has 5 nitrogen and oxygen atoms in total. The van der Waals surface area contributed by atoms with Gasteiger partial charge in [0.25, 0.3) is 0 Å². The fourth-order valence-electron chi connectivity index (χ4n) is 3.29. The van der Waals surface area contributed by atoms with E-state index in [0.717, 1.165) is 41.2 Å². The third-order valence-electron chi connectivity index (χ3n) is 4.63. The summed E-state index contributed by atoms with van der Waals surface area (Å²) in [5, 5.41) is 1.67. The number of piperazine rings is 1. The van der Waals surface area contributed by atoms with Crippen LogP contribution in [0.3, 0.4) is 0 Å². The molecule has 1 amide bonds. The number of rotatable bonds is 4. The molecule has 3 rings (SSSR count). The van der Waals surface area contributed by atoms with Gasteiger partial charge < -0.3 is 9.80 Å². The molecule has 0 spiro atoms. The summed E-state index contributed by atoms with van der Waals surface area (Å²) in [6, 6.07) is 7.96. The SMILES string of the molecule is CC1CN(c2nc(Cc3ccc(Cl)cc3)ns2)CCN1C(=O)CC(C)(C)C. The molecule has 2 aromatic rings. The second-order valence-corrected chi connectivity index (χ2v) is 9.58. The lowest BCUT2D eigenvalue weighted by molar-refractivity contribution is -0.135. The van der Waals surface area contributed by atoms with Gasteiger partial charge in [-0.2, -0.15) is 4.37 Å². The first-order chi connectivity index (χ1) is 12.7. The third-order valence-corrected chi connectivity index (χ3v) is 5.70. The first kappa shape index (κ1) is 20.1. The van der Waals surface area contributed by atoms with Crippen LogP contribution in [0, 0.1) is 5.41 Å². The summed E-state index contributed by atoms with van der Waals surface area (Å²) in [4.78, 5) is 21.5. The molecule has 0 radical (unpaired) electrons. The number of hydrogen-bond acceptors (Lipinski definition) is 5. The molecule has 1 aromatic carbocycles. The van der Waals surface area contributed by atoms with Crippen LogP contribution in [0.2, 0.25) is 5.02 Å². The summed E-state index contributed by atoms with van der Waals surface area (Å²) < 4.78 is 4.51. The molecule has 0 saturated carbocycles. The van der Waals surface area contributed by atoms with Crippen LogP contribution in [0.4, 0.5) is 5.13 Å². The molecule has 1 aromatic heterocycles. The molecule has 0 bridgehead atoms. The number of halogens is 1. The van der Waals surface area contributed by atoms with Crippen LogP contribution in [-0.4, -0.2) is 45.8 Å². The van der Waals surface area contributed by atoms with Crippen molar-refractivity contribution < 1.29 is 4.79 Å². The van der Waals surface area contributed by atoms with Gasteiger partial charge in [0.05, 0.1) is 0 Å². The van der Waals surface area contributed by atoms with Gasteiger partial charge in [-0.1, -0.05) is 44.5 Å². The van der Waals surface area contributed by atoms with E-state index in [0.29, 0.717) is 12.8 Å². The number of carbonyl (C=O) groups is 1. The highest BCUT2D eigenvalue weighted by molar-refractivity contribution is 7.09. The van der Waals surface area contributed by atoms with E-state index in [9.17, 15) is 4.79 Å². The molecule has 2 heterocycles. The van der Waals surface area contributed by atoms with Crippen LogP contribution in [0.25, 0.3) is 0 Å². The smallest absolute Gasteiger partial charge is 0.223 e. The molecule has 0 N–H and O–H groups in total. The second kappa shape index (κ2) is 8.15. The summed E-state index contributed by atoms with van der Waals surface area (Å²) in [5.74, 6) is 1.08. The van der Waals surface area contributed by atoms with Crippen LogP contribution in [0.1, 0.15) is 45.5 Å². The number of anilines is 1. The molecule has 1 unspecified atom stereocenters. The standard InChI is InChI=1S/C20H27ClN4OS/c1-14-13-24(9-10-25(14)18(26)12-20(2,3)4)19-22-17(23-27-19)11-15-5-7-16(21)8-6-15/h5-8,14H,9-13H2,1-4H3. The molecular weight excluding hydrogens is 380 g/mol. The molecule has 7 heteroatoms. The third kappa shape index (κ3) is 5.42. The molecule has 27 heavy (non-hydrogen) atoms. The van der Waals surface area contributed by atoms with Gasteiger partial charge in [0.2, 0.25) is 11.0 Å². The van der Waals surface area contributed by atoms with Crippen molar-refractivity contribution in [2.45, 2.75) is 46.6 Å². The van der Waals surface area contributed by atoms with Crippen molar-refractivity contribution >= 4 is 34.2 Å². The van der Waals surface area contributed by atoms with Gasteiger partial charge in [0, 0.05) is 55.1 Å². The van der Waals surface area contributed by atoms with Crippen LogP contribution in [0.5, 0.6) is 0 Å². The largest absolute Gasteiger partial charge is 0.343 e. The van der Waals surface area contributed by atoms with E-state index in [-0.39, 0.29) is 17.4 Å². The average molecular weight is 407 g/mol. The Balaban J connectivity index is 1.60. The topological polar surface area (TPSA) is 49.3 Å². The van der Waals surface area contributed by atoms with Gasteiger partial charge in [0.1, 0.15) is 5.82 Å². The van der Waals surface area contributed by atoms with Gasteiger partial charge >= 0.3 is 0 Å². The van der Waals surface area contributed by atoms with E-state index in [1.54, 1.807) is 0 Å². The van der Waals surface area contributed by atoms with Crippen LogP contribution in [0.15, 0.2) is 24.3 Å². The maximum Gasteiger partial charge on any atom is 0.223 e. The Hall–Kier alpha value is -1.66. The van der Waals surface area contributed by atoms with Gasteiger partial charge in [0.15, 0.2) is 0 Å². The number of benzene rings is 1. The fourth-order valence-corrected chi connectivity index (χ4v) is 4.13. The number of nitrogens with zero attached hydrogens (tertiary/aromatic N) is 4. The van der Waals surface area contributed by atoms with Crippen molar-refractivity contribution in [2.75, 3.05) is 24.5 Å². The lowest BCUT2D eigenvalue weighted by atomic mass is 9.91. The Bertz CT molecular complexity index is 784. The van der Waals surface area contributed by atoms with Crippen molar-refractivity contribution in [2.24, 2.45) is 5.41 Å². The van der Waals surface area contributed by atoms with Crippen LogP contribution >= 0.6 is 23.1 Å². The zero-order chi connectivity index (χ0) is 19.6. The number of amides is 1. The minimum atomic E-state index is 0.0176. The van der Waals surface area contributed by atoms with E-state index >= 15 is 0 Å². The highest BCUT2D eigenvalue weighted by atomic mass is 35.5. The minimum Gasteiger partial charge on any atom is -0.343 e. The van der Waals surface area contributed by atoms with E-state index in [2.05, 4.69) is 37.0 Å². The zero-order valence-corrected chi connectivity index (χ0v) is 18.0. The van der Waals surface area contributed by atoms with Crippen molar-refractivity contribution in [3.05, 3.63) is 40.7 Å². The Morgan fingerprint density at radius 1 is 1.26 bits per heavy atom. The summed E-state index contributed by atoms with van der Waals surface area (Å²) in [7, 11) is 0. The summed E-state index contributed by atoms with van der Waals surface area (Å²) in [6.07, 6.45) is 1.29. The lowest BCUT2D eigenvalue weighted by Gasteiger charge is -2.40. The predicted octanol–water partition coefficient (Wildman–Crippen LogP) is 4.26. The second-order valence-electron chi connectivity index (χ2n) is 8.42. The van der Waals surface area contributed by atoms with E-state index < -0.39 is 0 Å². The number of carbonyl (C=O) groups excluding carboxylic acids is 1. The maximum absolute atomic E-state index is 12.6. The van der Waals surface area contributed by atoms with Gasteiger partial charge in [-0.3, -0.25) is 4.79 Å². The lowest BCUT2D eigenvalue weighted by Crippen LogP contribution is -2.54. The van der Waals surface area contributed by atoms with E-state index in [1.807, 2.05) is 29.2 Å². The Morgan fingerprint density at radius 3 is 2.59 bits per heavy atom. The fraction of sp³-hybridized carbons (Fsp3) is 0.550. The Morgan fingerprint density at radius 2 is 1.96 bits per heavy atom. The number of aromatic nitrogens is 2. The van der Waals surface area contributed by atoms with Crippen molar-refractivity contribution in [1.29, 1.82) is 0 Å². The van der Waals surface area contributed by atoms with Gasteiger partial charge in [-0.05, 0) is 30.0 Å². The summed E-state index contributed by atoms with van der Waals surface area (Å²) in [5.41, 5.74) is 1.17. The highest BCUT2D eigenvalue weighted by Gasteiger charge is 2.30. The summed E-state index contributed by atoms with van der Waals surface area (Å²) >= 11 is 7.37. The number of hydrogen-bond donors (Lipinski definition) is 0. The Labute approximate surface area is 170 Å². The molecule has 1 aliphatic rings.